The van der Waals surface area contributed by atoms with E-state index in [1.807, 2.05) is 18.2 Å². The summed E-state index contributed by atoms with van der Waals surface area (Å²) in [4.78, 5) is 12.2. The van der Waals surface area contributed by atoms with Crippen molar-refractivity contribution in [2.75, 3.05) is 11.9 Å². The van der Waals surface area contributed by atoms with Gasteiger partial charge < -0.3 is 10.6 Å². The van der Waals surface area contributed by atoms with Crippen molar-refractivity contribution in [1.29, 1.82) is 0 Å². The Morgan fingerprint density at radius 1 is 1.37 bits per heavy atom. The molecule has 0 bridgehead atoms. The van der Waals surface area contributed by atoms with Gasteiger partial charge in [0.2, 0.25) is 0 Å². The summed E-state index contributed by atoms with van der Waals surface area (Å²) >= 11 is 0. The smallest absolute Gasteiger partial charge is 0.251 e. The Labute approximate surface area is 120 Å². The monoisotopic (exact) mass is 280 g/mol. The Balaban J connectivity index is 0.00000133. The lowest BCUT2D eigenvalue weighted by Gasteiger charge is -2.17. The number of hydrogen-bond donors (Lipinski definition) is 2. The van der Waals surface area contributed by atoms with E-state index in [1.54, 1.807) is 0 Å². The number of rotatable bonds is 2. The van der Waals surface area contributed by atoms with Crippen molar-refractivity contribution in [1.82, 2.24) is 5.32 Å². The zero-order valence-corrected chi connectivity index (χ0v) is 12.1. The first-order valence-electron chi connectivity index (χ1n) is 6.92. The molecule has 19 heavy (non-hydrogen) atoms. The minimum Gasteiger partial charge on any atom is -0.384 e. The number of carbonyl (C=O) groups excluding carboxylic acids is 1. The molecule has 0 radical (unpaired) electrons. The average Bonchev–Trinajstić information content (AvgIpc) is 2.98. The van der Waals surface area contributed by atoms with E-state index in [0.717, 1.165) is 24.9 Å². The molecule has 0 aromatic heterocycles. The van der Waals surface area contributed by atoms with Gasteiger partial charge >= 0.3 is 0 Å². The Bertz CT molecular complexity index is 475. The third-order valence-corrected chi connectivity index (χ3v) is 4.26. The van der Waals surface area contributed by atoms with Gasteiger partial charge in [-0.05, 0) is 48.9 Å². The fourth-order valence-corrected chi connectivity index (χ4v) is 3.06. The first-order valence-corrected chi connectivity index (χ1v) is 6.92. The lowest BCUT2D eigenvalue weighted by Crippen LogP contribution is -2.36. The van der Waals surface area contributed by atoms with E-state index in [9.17, 15) is 4.79 Å². The van der Waals surface area contributed by atoms with Crippen LogP contribution in [0.5, 0.6) is 0 Å². The summed E-state index contributed by atoms with van der Waals surface area (Å²) in [5, 5.41) is 6.49. The molecular formula is C15H21ClN2O. The van der Waals surface area contributed by atoms with Crippen molar-refractivity contribution < 1.29 is 4.79 Å². The second-order valence-electron chi connectivity index (χ2n) is 5.54. The summed E-state index contributed by atoms with van der Waals surface area (Å²) in [5.41, 5.74) is 3.25. The highest BCUT2D eigenvalue weighted by atomic mass is 35.5. The van der Waals surface area contributed by atoms with E-state index in [4.69, 9.17) is 0 Å². The van der Waals surface area contributed by atoms with Crippen LogP contribution in [-0.2, 0) is 6.42 Å². The van der Waals surface area contributed by atoms with Crippen molar-refractivity contribution in [3.8, 4) is 0 Å². The Kier molecular flexibility index (Phi) is 4.35. The summed E-state index contributed by atoms with van der Waals surface area (Å²) in [6.07, 6.45) is 4.62. The Morgan fingerprint density at radius 2 is 2.21 bits per heavy atom. The van der Waals surface area contributed by atoms with E-state index in [0.29, 0.717) is 12.0 Å². The molecule has 2 aliphatic rings. The van der Waals surface area contributed by atoms with Gasteiger partial charge in [-0.1, -0.05) is 13.3 Å². The number of fused-ring (bicyclic) bond motifs is 1. The predicted molar refractivity (Wildman–Crippen MR) is 80.2 cm³/mol. The fourth-order valence-electron chi connectivity index (χ4n) is 3.06. The van der Waals surface area contributed by atoms with Crippen LogP contribution in [0.15, 0.2) is 18.2 Å². The quantitative estimate of drug-likeness (QED) is 0.874. The molecular weight excluding hydrogens is 260 g/mol. The van der Waals surface area contributed by atoms with Crippen molar-refractivity contribution in [2.45, 2.75) is 38.6 Å². The number of carbonyl (C=O) groups is 1. The Morgan fingerprint density at radius 3 is 2.95 bits per heavy atom. The van der Waals surface area contributed by atoms with Gasteiger partial charge in [0.1, 0.15) is 0 Å². The summed E-state index contributed by atoms with van der Waals surface area (Å²) in [5.74, 6) is 0.702. The number of amides is 1. The molecule has 4 heteroatoms. The van der Waals surface area contributed by atoms with Crippen molar-refractivity contribution in [3.05, 3.63) is 29.3 Å². The van der Waals surface area contributed by atoms with Crippen LogP contribution in [0.2, 0.25) is 0 Å². The molecule has 3 rings (SSSR count). The van der Waals surface area contributed by atoms with Crippen molar-refractivity contribution in [3.63, 3.8) is 0 Å². The van der Waals surface area contributed by atoms with E-state index < -0.39 is 0 Å². The van der Waals surface area contributed by atoms with Crippen LogP contribution in [0.3, 0.4) is 0 Å². The Hall–Kier alpha value is -1.22. The summed E-state index contributed by atoms with van der Waals surface area (Å²) in [6, 6.07) is 6.34. The van der Waals surface area contributed by atoms with Crippen LogP contribution in [0.4, 0.5) is 5.69 Å². The normalized spacial score (nSPS) is 24.3. The molecule has 1 aliphatic carbocycles. The van der Waals surface area contributed by atoms with Crippen LogP contribution >= 0.6 is 12.4 Å². The van der Waals surface area contributed by atoms with Gasteiger partial charge in [-0.15, -0.1) is 12.4 Å². The SMILES string of the molecule is CC1CCCC1NC(=O)c1ccc2c(c1)CCN2.Cl. The largest absolute Gasteiger partial charge is 0.384 e. The van der Waals surface area contributed by atoms with Crippen LogP contribution in [0, 0.1) is 5.92 Å². The van der Waals surface area contributed by atoms with Gasteiger partial charge in [0.25, 0.3) is 5.91 Å². The van der Waals surface area contributed by atoms with Crippen molar-refractivity contribution >= 4 is 24.0 Å². The minimum absolute atomic E-state index is 0. The number of benzene rings is 1. The molecule has 2 unspecified atom stereocenters. The van der Waals surface area contributed by atoms with Crippen LogP contribution in [0.1, 0.15) is 42.1 Å². The molecule has 1 heterocycles. The van der Waals surface area contributed by atoms with Gasteiger partial charge in [-0.2, -0.15) is 0 Å². The predicted octanol–water partition coefficient (Wildman–Crippen LogP) is 2.99. The third kappa shape index (κ3) is 2.86. The molecule has 1 aromatic carbocycles. The molecule has 1 fully saturated rings. The number of nitrogens with one attached hydrogen (secondary N) is 2. The summed E-state index contributed by atoms with van der Waals surface area (Å²) in [6.45, 7) is 3.21. The maximum absolute atomic E-state index is 12.2. The van der Waals surface area contributed by atoms with Gasteiger partial charge in [0.05, 0.1) is 0 Å². The first kappa shape index (κ1) is 14.2. The molecule has 2 atom stereocenters. The van der Waals surface area contributed by atoms with Gasteiger partial charge in [0, 0.05) is 23.8 Å². The zero-order chi connectivity index (χ0) is 12.5. The molecule has 1 aliphatic heterocycles. The zero-order valence-electron chi connectivity index (χ0n) is 11.2. The third-order valence-electron chi connectivity index (χ3n) is 4.26. The standard InChI is InChI=1S/C15H20N2O.ClH/c1-10-3-2-4-13(10)17-15(18)12-5-6-14-11(9-12)7-8-16-14;/h5-6,9-10,13,16H,2-4,7-8H2,1H3,(H,17,18);1H. The molecule has 3 nitrogen and oxygen atoms in total. The first-order chi connectivity index (χ1) is 8.74. The van der Waals surface area contributed by atoms with Gasteiger partial charge in [0.15, 0.2) is 0 Å². The van der Waals surface area contributed by atoms with Crippen LogP contribution in [0.25, 0.3) is 0 Å². The highest BCUT2D eigenvalue weighted by Gasteiger charge is 2.25. The topological polar surface area (TPSA) is 41.1 Å². The van der Waals surface area contributed by atoms with Gasteiger partial charge in [-0.3, -0.25) is 4.79 Å². The fraction of sp³-hybridized carbons (Fsp3) is 0.533. The molecule has 0 saturated heterocycles. The lowest BCUT2D eigenvalue weighted by atomic mass is 10.0. The summed E-state index contributed by atoms with van der Waals surface area (Å²) in [7, 11) is 0. The second kappa shape index (κ2) is 5.83. The molecule has 104 valence electrons. The molecule has 0 spiro atoms. The van der Waals surface area contributed by atoms with E-state index in [1.165, 1.54) is 24.1 Å². The molecule has 2 N–H and O–H groups in total. The van der Waals surface area contributed by atoms with Gasteiger partial charge in [-0.25, -0.2) is 0 Å². The highest BCUT2D eigenvalue weighted by Crippen LogP contribution is 2.26. The second-order valence-corrected chi connectivity index (χ2v) is 5.54. The van der Waals surface area contributed by atoms with E-state index in [-0.39, 0.29) is 18.3 Å². The number of hydrogen-bond acceptors (Lipinski definition) is 2. The maximum atomic E-state index is 12.2. The average molecular weight is 281 g/mol. The van der Waals surface area contributed by atoms with Crippen LogP contribution < -0.4 is 10.6 Å². The van der Waals surface area contributed by atoms with E-state index >= 15 is 0 Å². The van der Waals surface area contributed by atoms with Crippen molar-refractivity contribution in [2.24, 2.45) is 5.92 Å². The maximum Gasteiger partial charge on any atom is 0.251 e. The summed E-state index contributed by atoms with van der Waals surface area (Å²) < 4.78 is 0. The minimum atomic E-state index is 0. The van der Waals surface area contributed by atoms with E-state index in [2.05, 4.69) is 17.6 Å². The lowest BCUT2D eigenvalue weighted by molar-refractivity contribution is 0.0929. The molecule has 1 saturated carbocycles. The number of halogens is 1. The van der Waals surface area contributed by atoms with Crippen LogP contribution in [-0.4, -0.2) is 18.5 Å². The number of anilines is 1. The molecule has 1 amide bonds. The highest BCUT2D eigenvalue weighted by molar-refractivity contribution is 5.95. The molecule has 1 aromatic rings.